The van der Waals surface area contributed by atoms with Crippen molar-refractivity contribution in [3.8, 4) is 12.3 Å². The Labute approximate surface area is 100 Å². The van der Waals surface area contributed by atoms with Gasteiger partial charge in [-0.3, -0.25) is 0 Å². The van der Waals surface area contributed by atoms with Gasteiger partial charge in [0, 0.05) is 17.2 Å². The highest BCUT2D eigenvalue weighted by atomic mass is 32.1. The Bertz CT molecular complexity index is 507. The predicted molar refractivity (Wildman–Crippen MR) is 71.7 cm³/mol. The Morgan fingerprint density at radius 2 is 2.25 bits per heavy atom. The SMILES string of the molecule is C#CCCC(NC)c1csc2ccccc12. The second-order valence-electron chi connectivity index (χ2n) is 3.77. The molecule has 1 aromatic heterocycles. The van der Waals surface area contributed by atoms with Crippen molar-refractivity contribution in [2.75, 3.05) is 7.05 Å². The number of benzene rings is 1. The molecule has 0 amide bonds. The van der Waals surface area contributed by atoms with Gasteiger partial charge >= 0.3 is 0 Å². The maximum atomic E-state index is 5.32. The number of fused-ring (bicyclic) bond motifs is 1. The molecule has 0 fully saturated rings. The van der Waals surface area contributed by atoms with Gasteiger partial charge in [0.15, 0.2) is 0 Å². The molecule has 16 heavy (non-hydrogen) atoms. The Hall–Kier alpha value is -1.30. The number of nitrogens with one attached hydrogen (secondary N) is 1. The smallest absolute Gasteiger partial charge is 0.0346 e. The topological polar surface area (TPSA) is 12.0 Å². The first-order chi connectivity index (χ1) is 7.86. The van der Waals surface area contributed by atoms with Crippen molar-refractivity contribution in [2.45, 2.75) is 18.9 Å². The molecule has 1 N–H and O–H groups in total. The van der Waals surface area contributed by atoms with E-state index < -0.39 is 0 Å². The average molecular weight is 229 g/mol. The van der Waals surface area contributed by atoms with Crippen molar-refractivity contribution < 1.29 is 0 Å². The summed E-state index contributed by atoms with van der Waals surface area (Å²) in [5.74, 6) is 2.71. The van der Waals surface area contributed by atoms with Crippen LogP contribution in [0, 0.1) is 12.3 Å². The van der Waals surface area contributed by atoms with E-state index in [-0.39, 0.29) is 0 Å². The number of rotatable bonds is 4. The molecule has 2 rings (SSSR count). The summed E-state index contributed by atoms with van der Waals surface area (Å²) >= 11 is 1.80. The van der Waals surface area contributed by atoms with Gasteiger partial charge in [-0.25, -0.2) is 0 Å². The van der Waals surface area contributed by atoms with Crippen LogP contribution in [0.25, 0.3) is 10.1 Å². The molecular weight excluding hydrogens is 214 g/mol. The van der Waals surface area contributed by atoms with Crippen molar-refractivity contribution in [1.82, 2.24) is 5.32 Å². The third kappa shape index (κ3) is 2.11. The molecule has 2 aromatic rings. The molecule has 0 aliphatic carbocycles. The molecule has 1 aromatic carbocycles. The average Bonchev–Trinajstić information content (AvgIpc) is 2.75. The van der Waals surface area contributed by atoms with E-state index in [1.54, 1.807) is 11.3 Å². The summed E-state index contributed by atoms with van der Waals surface area (Å²) in [4.78, 5) is 0. The van der Waals surface area contributed by atoms with Crippen LogP contribution in [0.5, 0.6) is 0 Å². The van der Waals surface area contributed by atoms with Crippen LogP contribution in [0.1, 0.15) is 24.4 Å². The second-order valence-corrected chi connectivity index (χ2v) is 4.68. The van der Waals surface area contributed by atoms with Crippen LogP contribution in [-0.4, -0.2) is 7.05 Å². The fourth-order valence-electron chi connectivity index (χ4n) is 1.95. The second kappa shape index (κ2) is 5.16. The summed E-state index contributed by atoms with van der Waals surface area (Å²) < 4.78 is 1.35. The van der Waals surface area contributed by atoms with Crippen molar-refractivity contribution in [2.24, 2.45) is 0 Å². The monoisotopic (exact) mass is 229 g/mol. The molecule has 1 unspecified atom stereocenters. The summed E-state index contributed by atoms with van der Waals surface area (Å²) in [5, 5.41) is 6.93. The minimum absolute atomic E-state index is 0.368. The highest BCUT2D eigenvalue weighted by Crippen LogP contribution is 2.31. The maximum Gasteiger partial charge on any atom is 0.0346 e. The van der Waals surface area contributed by atoms with Gasteiger partial charge in [0.2, 0.25) is 0 Å². The molecule has 1 heterocycles. The van der Waals surface area contributed by atoms with Crippen LogP contribution in [0.4, 0.5) is 0 Å². The van der Waals surface area contributed by atoms with Gasteiger partial charge in [-0.2, -0.15) is 0 Å². The number of terminal acetylenes is 1. The lowest BCUT2D eigenvalue weighted by molar-refractivity contribution is 0.563. The first kappa shape index (κ1) is 11.2. The third-order valence-corrected chi connectivity index (χ3v) is 3.79. The molecule has 2 heteroatoms. The lowest BCUT2D eigenvalue weighted by atomic mass is 10.0. The van der Waals surface area contributed by atoms with Crippen molar-refractivity contribution in [3.63, 3.8) is 0 Å². The molecular formula is C14H15NS. The molecule has 1 atom stereocenters. The zero-order chi connectivity index (χ0) is 11.4. The minimum atomic E-state index is 0.368. The fraction of sp³-hybridized carbons (Fsp3) is 0.286. The van der Waals surface area contributed by atoms with Crippen LogP contribution in [0.15, 0.2) is 29.6 Å². The fourth-order valence-corrected chi connectivity index (χ4v) is 2.97. The third-order valence-electron chi connectivity index (χ3n) is 2.81. The molecule has 0 aliphatic rings. The van der Waals surface area contributed by atoms with Gasteiger partial charge < -0.3 is 5.32 Å². The summed E-state index contributed by atoms with van der Waals surface area (Å²) in [6.45, 7) is 0. The normalized spacial score (nSPS) is 12.5. The largest absolute Gasteiger partial charge is 0.313 e. The summed E-state index contributed by atoms with van der Waals surface area (Å²) in [5.41, 5.74) is 1.37. The van der Waals surface area contributed by atoms with Crippen LogP contribution in [0.3, 0.4) is 0 Å². The Morgan fingerprint density at radius 1 is 1.44 bits per heavy atom. The van der Waals surface area contributed by atoms with Crippen LogP contribution < -0.4 is 5.32 Å². The molecule has 0 spiro atoms. The Kier molecular flexibility index (Phi) is 3.61. The molecule has 82 valence electrons. The molecule has 0 saturated heterocycles. The number of hydrogen-bond acceptors (Lipinski definition) is 2. The maximum absolute atomic E-state index is 5.32. The van der Waals surface area contributed by atoms with Crippen molar-refractivity contribution in [3.05, 3.63) is 35.2 Å². The van der Waals surface area contributed by atoms with Gasteiger partial charge in [0.25, 0.3) is 0 Å². The van der Waals surface area contributed by atoms with E-state index in [2.05, 4.69) is 40.9 Å². The van der Waals surface area contributed by atoms with Crippen molar-refractivity contribution in [1.29, 1.82) is 0 Å². The van der Waals surface area contributed by atoms with E-state index in [0.717, 1.165) is 12.8 Å². The number of hydrogen-bond donors (Lipinski definition) is 1. The van der Waals surface area contributed by atoms with E-state index in [4.69, 9.17) is 6.42 Å². The predicted octanol–water partition coefficient (Wildman–Crippen LogP) is 3.58. The molecule has 0 aliphatic heterocycles. The van der Waals surface area contributed by atoms with Crippen LogP contribution >= 0.6 is 11.3 Å². The first-order valence-corrected chi connectivity index (χ1v) is 6.31. The van der Waals surface area contributed by atoms with Gasteiger partial charge in [0.05, 0.1) is 0 Å². The first-order valence-electron chi connectivity index (χ1n) is 5.43. The molecule has 0 bridgehead atoms. The number of thiophene rings is 1. The minimum Gasteiger partial charge on any atom is -0.313 e. The zero-order valence-electron chi connectivity index (χ0n) is 9.36. The van der Waals surface area contributed by atoms with E-state index in [9.17, 15) is 0 Å². The van der Waals surface area contributed by atoms with Gasteiger partial charge in [-0.15, -0.1) is 23.7 Å². The van der Waals surface area contributed by atoms with E-state index in [0.29, 0.717) is 6.04 Å². The highest BCUT2D eigenvalue weighted by Gasteiger charge is 2.12. The van der Waals surface area contributed by atoms with E-state index in [1.807, 2.05) is 7.05 Å². The Balaban J connectivity index is 2.34. The lowest BCUT2D eigenvalue weighted by Crippen LogP contribution is -2.15. The standard InChI is InChI=1S/C14H15NS/c1-3-4-8-13(15-2)12-10-16-14-9-6-5-7-11(12)14/h1,5-7,9-10,13,15H,4,8H2,2H3. The van der Waals surface area contributed by atoms with Crippen LogP contribution in [0.2, 0.25) is 0 Å². The van der Waals surface area contributed by atoms with Gasteiger partial charge in [-0.05, 0) is 35.9 Å². The van der Waals surface area contributed by atoms with Gasteiger partial charge in [-0.1, -0.05) is 18.2 Å². The lowest BCUT2D eigenvalue weighted by Gasteiger charge is -2.14. The zero-order valence-corrected chi connectivity index (χ0v) is 10.2. The van der Waals surface area contributed by atoms with Gasteiger partial charge in [0.1, 0.15) is 0 Å². The molecule has 0 saturated carbocycles. The quantitative estimate of drug-likeness (QED) is 0.790. The molecule has 1 nitrogen and oxygen atoms in total. The van der Waals surface area contributed by atoms with E-state index >= 15 is 0 Å². The van der Waals surface area contributed by atoms with Crippen LogP contribution in [-0.2, 0) is 0 Å². The molecule has 0 radical (unpaired) electrons. The van der Waals surface area contributed by atoms with Crippen molar-refractivity contribution >= 4 is 21.4 Å². The summed E-state index contributed by atoms with van der Waals surface area (Å²) in [6.07, 6.45) is 7.13. The van der Waals surface area contributed by atoms with E-state index in [1.165, 1.54) is 15.6 Å². The highest BCUT2D eigenvalue weighted by molar-refractivity contribution is 7.17. The Morgan fingerprint density at radius 3 is 3.00 bits per heavy atom. The summed E-state index contributed by atoms with van der Waals surface area (Å²) in [7, 11) is 1.99. The summed E-state index contributed by atoms with van der Waals surface area (Å²) in [6, 6.07) is 8.89.